The predicted molar refractivity (Wildman–Crippen MR) is 81.3 cm³/mol. The van der Waals surface area contributed by atoms with Gasteiger partial charge in [0.25, 0.3) is 0 Å². The fraction of sp³-hybridized carbons (Fsp3) is 0.643. The molecule has 3 rings (SSSR count). The third kappa shape index (κ3) is 2.92. The van der Waals surface area contributed by atoms with Crippen LogP contribution < -0.4 is 0 Å². The van der Waals surface area contributed by atoms with Gasteiger partial charge in [-0.3, -0.25) is 4.79 Å². The summed E-state index contributed by atoms with van der Waals surface area (Å²) in [6, 6.07) is 1.62. The van der Waals surface area contributed by atoms with Gasteiger partial charge in [0, 0.05) is 25.1 Å². The van der Waals surface area contributed by atoms with E-state index in [4.69, 9.17) is 4.74 Å². The van der Waals surface area contributed by atoms with Crippen molar-refractivity contribution in [2.24, 2.45) is 11.8 Å². The van der Waals surface area contributed by atoms with Crippen LogP contribution in [0.25, 0.3) is 0 Å². The van der Waals surface area contributed by atoms with Crippen LogP contribution >= 0.6 is 11.3 Å². The quantitative estimate of drug-likeness (QED) is 0.897. The molecule has 0 aromatic carbocycles. The second kappa shape index (κ2) is 6.27. The van der Waals surface area contributed by atoms with Crippen LogP contribution in [0, 0.1) is 11.8 Å². The maximum absolute atomic E-state index is 12.5. The van der Waals surface area contributed by atoms with E-state index < -0.39 is 21.9 Å². The minimum absolute atomic E-state index is 0.123. The van der Waals surface area contributed by atoms with Crippen LogP contribution in [0.4, 0.5) is 0 Å². The lowest BCUT2D eigenvalue weighted by molar-refractivity contribution is -0.145. The Kier molecular flexibility index (Phi) is 4.54. The van der Waals surface area contributed by atoms with E-state index in [1.54, 1.807) is 16.8 Å². The molecule has 3 heterocycles. The van der Waals surface area contributed by atoms with E-state index in [0.717, 1.165) is 0 Å². The van der Waals surface area contributed by atoms with Crippen molar-refractivity contribution < 1.29 is 23.1 Å². The van der Waals surface area contributed by atoms with Crippen LogP contribution in [0.5, 0.6) is 0 Å². The van der Waals surface area contributed by atoms with Crippen LogP contribution in [-0.4, -0.2) is 49.6 Å². The first kappa shape index (κ1) is 15.9. The number of hydrogen-bond donors (Lipinski definition) is 1. The van der Waals surface area contributed by atoms with Gasteiger partial charge in [-0.25, -0.2) is 8.42 Å². The Morgan fingerprint density at radius 3 is 2.64 bits per heavy atom. The van der Waals surface area contributed by atoms with Gasteiger partial charge in [-0.05, 0) is 36.6 Å². The molecule has 22 heavy (non-hydrogen) atoms. The molecule has 2 aliphatic rings. The molecule has 6 nitrogen and oxygen atoms in total. The molecule has 0 saturated carbocycles. The van der Waals surface area contributed by atoms with E-state index >= 15 is 0 Å². The Bertz CT molecular complexity index is 620. The van der Waals surface area contributed by atoms with Crippen molar-refractivity contribution >= 4 is 27.3 Å². The van der Waals surface area contributed by atoms with Gasteiger partial charge in [-0.1, -0.05) is 0 Å². The van der Waals surface area contributed by atoms with Crippen molar-refractivity contribution in [3.63, 3.8) is 0 Å². The molecule has 2 fully saturated rings. The molecule has 1 aromatic rings. The summed E-state index contributed by atoms with van der Waals surface area (Å²) in [5.41, 5.74) is 0. The average Bonchev–Trinajstić information content (AvgIpc) is 3.19. The molecule has 2 aliphatic heterocycles. The number of nitrogens with zero attached hydrogens (tertiary/aromatic N) is 1. The Morgan fingerprint density at radius 2 is 2.05 bits per heavy atom. The largest absolute Gasteiger partial charge is 0.481 e. The zero-order chi connectivity index (χ0) is 15.7. The summed E-state index contributed by atoms with van der Waals surface area (Å²) in [7, 11) is -3.41. The predicted octanol–water partition coefficient (Wildman–Crippen LogP) is 1.64. The summed E-state index contributed by atoms with van der Waals surface area (Å²) in [5.74, 6) is -1.14. The second-order valence-corrected chi connectivity index (χ2v) is 8.49. The number of rotatable bonds is 4. The van der Waals surface area contributed by atoms with E-state index in [2.05, 4.69) is 0 Å². The van der Waals surface area contributed by atoms with Crippen LogP contribution in [0.1, 0.15) is 19.3 Å². The highest BCUT2D eigenvalue weighted by molar-refractivity contribution is 7.89. The molecule has 0 spiro atoms. The molecule has 0 aliphatic carbocycles. The number of carbonyl (C=O) groups is 1. The van der Waals surface area contributed by atoms with Gasteiger partial charge < -0.3 is 9.84 Å². The molecule has 2 atom stereocenters. The van der Waals surface area contributed by atoms with Crippen LogP contribution in [0.3, 0.4) is 0 Å². The summed E-state index contributed by atoms with van der Waals surface area (Å²) in [6.45, 7) is 1.33. The molecule has 122 valence electrons. The molecule has 1 aromatic heterocycles. The standard InChI is InChI=1S/C14H19NO5S2/c16-14(17)12-3-7-20-13(12)10-1-5-15(6-2-10)22(18,19)11-4-8-21-9-11/h4,8-10,12-13H,1-3,5-7H2,(H,16,17)/t12-,13+/m1/s1. The minimum Gasteiger partial charge on any atom is -0.481 e. The maximum Gasteiger partial charge on any atom is 0.309 e. The van der Waals surface area contributed by atoms with Crippen molar-refractivity contribution in [2.45, 2.75) is 30.3 Å². The lowest BCUT2D eigenvalue weighted by Gasteiger charge is -2.34. The second-order valence-electron chi connectivity index (χ2n) is 5.77. The molecule has 0 bridgehead atoms. The van der Waals surface area contributed by atoms with Gasteiger partial charge in [0.2, 0.25) is 10.0 Å². The number of hydrogen-bond acceptors (Lipinski definition) is 5. The van der Waals surface area contributed by atoms with Crippen LogP contribution in [0.2, 0.25) is 0 Å². The molecule has 0 radical (unpaired) electrons. The number of sulfonamides is 1. The third-order valence-corrected chi connectivity index (χ3v) is 7.28. The van der Waals surface area contributed by atoms with Crippen molar-refractivity contribution in [1.29, 1.82) is 0 Å². The number of piperidine rings is 1. The smallest absolute Gasteiger partial charge is 0.309 e. The fourth-order valence-electron chi connectivity index (χ4n) is 3.33. The summed E-state index contributed by atoms with van der Waals surface area (Å²) < 4.78 is 32.0. The van der Waals surface area contributed by atoms with Gasteiger partial charge in [0.15, 0.2) is 0 Å². The molecule has 8 heteroatoms. The van der Waals surface area contributed by atoms with Gasteiger partial charge in [-0.2, -0.15) is 15.6 Å². The Labute approximate surface area is 133 Å². The zero-order valence-corrected chi connectivity index (χ0v) is 13.7. The van der Waals surface area contributed by atoms with E-state index in [-0.39, 0.29) is 12.0 Å². The number of carboxylic acids is 1. The summed E-state index contributed by atoms with van der Waals surface area (Å²) >= 11 is 1.36. The van der Waals surface area contributed by atoms with E-state index in [1.807, 2.05) is 0 Å². The van der Waals surface area contributed by atoms with Crippen molar-refractivity contribution in [3.8, 4) is 0 Å². The van der Waals surface area contributed by atoms with Gasteiger partial charge >= 0.3 is 5.97 Å². The first-order chi connectivity index (χ1) is 10.5. The number of aliphatic carboxylic acids is 1. The summed E-state index contributed by atoms with van der Waals surface area (Å²) in [5, 5.41) is 12.6. The minimum atomic E-state index is -3.41. The Balaban J connectivity index is 1.65. The van der Waals surface area contributed by atoms with Crippen molar-refractivity contribution in [1.82, 2.24) is 4.31 Å². The van der Waals surface area contributed by atoms with E-state index in [1.165, 1.54) is 15.6 Å². The average molecular weight is 345 g/mol. The molecule has 0 amide bonds. The highest BCUT2D eigenvalue weighted by Gasteiger charge is 2.41. The third-order valence-electron chi connectivity index (χ3n) is 4.55. The van der Waals surface area contributed by atoms with Gasteiger partial charge in [0.1, 0.15) is 0 Å². The zero-order valence-electron chi connectivity index (χ0n) is 12.1. The first-order valence-electron chi connectivity index (χ1n) is 7.37. The van der Waals surface area contributed by atoms with E-state index in [9.17, 15) is 18.3 Å². The number of carboxylic acid groups (broad SMARTS) is 1. The topological polar surface area (TPSA) is 83.9 Å². The summed E-state index contributed by atoms with van der Waals surface area (Å²) in [6.07, 6.45) is 1.58. The molecule has 0 unspecified atom stereocenters. The first-order valence-corrected chi connectivity index (χ1v) is 9.75. The molecular weight excluding hydrogens is 326 g/mol. The molecule has 2 saturated heterocycles. The molecule has 1 N–H and O–H groups in total. The van der Waals surface area contributed by atoms with Crippen molar-refractivity contribution in [2.75, 3.05) is 19.7 Å². The Hall–Kier alpha value is -0.960. The Morgan fingerprint density at radius 1 is 1.32 bits per heavy atom. The number of ether oxygens (including phenoxy) is 1. The van der Waals surface area contributed by atoms with Gasteiger partial charge in [-0.15, -0.1) is 0 Å². The van der Waals surface area contributed by atoms with Gasteiger partial charge in [0.05, 0.1) is 16.9 Å². The van der Waals surface area contributed by atoms with Crippen LogP contribution in [-0.2, 0) is 19.6 Å². The molecular formula is C14H19NO5S2. The lowest BCUT2D eigenvalue weighted by Crippen LogP contribution is -2.43. The monoisotopic (exact) mass is 345 g/mol. The summed E-state index contributed by atoms with van der Waals surface area (Å²) in [4.78, 5) is 11.6. The normalized spacial score (nSPS) is 28.0. The highest BCUT2D eigenvalue weighted by Crippen LogP contribution is 2.34. The maximum atomic E-state index is 12.5. The highest BCUT2D eigenvalue weighted by atomic mass is 32.2. The number of thiophene rings is 1. The van der Waals surface area contributed by atoms with Crippen LogP contribution in [0.15, 0.2) is 21.7 Å². The SMILES string of the molecule is O=C(O)[C@@H]1CCO[C@H]1C1CCN(S(=O)(=O)c2ccsc2)CC1. The van der Waals surface area contributed by atoms with Crippen molar-refractivity contribution in [3.05, 3.63) is 16.8 Å². The van der Waals surface area contributed by atoms with E-state index in [0.29, 0.717) is 43.9 Å². The fourth-order valence-corrected chi connectivity index (χ4v) is 5.82. The lowest BCUT2D eigenvalue weighted by atomic mass is 9.85.